The van der Waals surface area contributed by atoms with Crippen molar-refractivity contribution in [3.8, 4) is 22.8 Å². The summed E-state index contributed by atoms with van der Waals surface area (Å²) in [5.74, 6) is 0.0265. The van der Waals surface area contributed by atoms with Gasteiger partial charge in [-0.3, -0.25) is 4.79 Å². The zero-order chi connectivity index (χ0) is 22.7. The minimum Gasteiger partial charge on any atom is -0.504 e. The van der Waals surface area contributed by atoms with Gasteiger partial charge in [-0.15, -0.1) is 0 Å². The molecule has 1 amide bonds. The maximum absolute atomic E-state index is 13.0. The molecule has 0 saturated carbocycles. The van der Waals surface area contributed by atoms with E-state index in [1.165, 1.54) is 19.4 Å². The van der Waals surface area contributed by atoms with Gasteiger partial charge in [-0.2, -0.15) is 5.10 Å². The van der Waals surface area contributed by atoms with Crippen LogP contribution in [0.25, 0.3) is 22.2 Å². The Morgan fingerprint density at radius 3 is 2.66 bits per heavy atom. The van der Waals surface area contributed by atoms with Crippen molar-refractivity contribution >= 4 is 23.0 Å². The number of phenolic OH excluding ortho intramolecular Hbond substituents is 1. The van der Waals surface area contributed by atoms with E-state index in [0.29, 0.717) is 16.9 Å². The molecule has 1 heterocycles. The Hall–Kier alpha value is -4.19. The van der Waals surface area contributed by atoms with Crippen LogP contribution < -0.4 is 10.2 Å². The normalized spacial score (nSPS) is 11.1. The molecule has 3 aromatic carbocycles. The molecule has 4 aromatic rings. The van der Waals surface area contributed by atoms with Gasteiger partial charge < -0.3 is 9.84 Å². The molecule has 0 aliphatic rings. The number of aromatic nitrogens is 1. The Kier molecular flexibility index (Phi) is 5.85. The van der Waals surface area contributed by atoms with Gasteiger partial charge in [0.1, 0.15) is 0 Å². The van der Waals surface area contributed by atoms with Crippen LogP contribution in [-0.4, -0.2) is 29.3 Å². The lowest BCUT2D eigenvalue weighted by Crippen LogP contribution is -2.18. The third kappa shape index (κ3) is 4.30. The van der Waals surface area contributed by atoms with E-state index < -0.39 is 0 Å². The number of pyridine rings is 1. The third-order valence-electron chi connectivity index (χ3n) is 5.21. The largest absolute Gasteiger partial charge is 0.504 e. The van der Waals surface area contributed by atoms with Crippen LogP contribution >= 0.6 is 0 Å². The van der Waals surface area contributed by atoms with E-state index in [2.05, 4.69) is 28.7 Å². The van der Waals surface area contributed by atoms with Crippen molar-refractivity contribution in [2.75, 3.05) is 7.11 Å². The fourth-order valence-electron chi connectivity index (χ4n) is 3.53. The van der Waals surface area contributed by atoms with Crippen molar-refractivity contribution in [1.29, 1.82) is 0 Å². The summed E-state index contributed by atoms with van der Waals surface area (Å²) in [5.41, 5.74) is 8.36. The molecule has 0 radical (unpaired) electrons. The highest BCUT2D eigenvalue weighted by Gasteiger charge is 2.14. The minimum absolute atomic E-state index is 0.000991. The van der Waals surface area contributed by atoms with Crippen LogP contribution in [0.3, 0.4) is 0 Å². The summed E-state index contributed by atoms with van der Waals surface area (Å²) < 4.78 is 5.03. The second kappa shape index (κ2) is 8.89. The maximum Gasteiger partial charge on any atom is 0.272 e. The fraction of sp³-hybridized carbons (Fsp3) is 0.115. The fourth-order valence-corrected chi connectivity index (χ4v) is 3.53. The number of aryl methyl sites for hydroxylation is 2. The molecule has 160 valence electrons. The van der Waals surface area contributed by atoms with Crippen molar-refractivity contribution in [3.63, 3.8) is 0 Å². The Labute approximate surface area is 186 Å². The van der Waals surface area contributed by atoms with E-state index >= 15 is 0 Å². The highest BCUT2D eigenvalue weighted by atomic mass is 16.5. The number of rotatable bonds is 5. The lowest BCUT2D eigenvalue weighted by atomic mass is 9.99. The van der Waals surface area contributed by atoms with E-state index in [4.69, 9.17) is 9.72 Å². The highest BCUT2D eigenvalue weighted by molar-refractivity contribution is 6.07. The first-order valence-corrected chi connectivity index (χ1v) is 10.1. The minimum atomic E-state index is -0.343. The van der Waals surface area contributed by atoms with Gasteiger partial charge in [-0.1, -0.05) is 35.9 Å². The Balaban J connectivity index is 1.67. The van der Waals surface area contributed by atoms with Crippen molar-refractivity contribution in [2.45, 2.75) is 13.8 Å². The van der Waals surface area contributed by atoms with Gasteiger partial charge in [0.25, 0.3) is 5.91 Å². The molecule has 0 aliphatic carbocycles. The van der Waals surface area contributed by atoms with Crippen LogP contribution in [-0.2, 0) is 0 Å². The van der Waals surface area contributed by atoms with Gasteiger partial charge in [-0.05, 0) is 61.4 Å². The number of nitrogens with zero attached hydrogens (tertiary/aromatic N) is 2. The number of aromatic hydroxyl groups is 1. The van der Waals surface area contributed by atoms with Crippen molar-refractivity contribution < 1.29 is 14.6 Å². The summed E-state index contributed by atoms with van der Waals surface area (Å²) in [7, 11) is 1.48. The van der Waals surface area contributed by atoms with Crippen molar-refractivity contribution in [3.05, 3.63) is 89.0 Å². The molecule has 4 rings (SSSR count). The van der Waals surface area contributed by atoms with Crippen LogP contribution in [0.2, 0.25) is 0 Å². The maximum atomic E-state index is 13.0. The average Bonchev–Trinajstić information content (AvgIpc) is 2.80. The summed E-state index contributed by atoms with van der Waals surface area (Å²) in [4.78, 5) is 17.8. The molecule has 1 aromatic heterocycles. The van der Waals surface area contributed by atoms with Gasteiger partial charge in [-0.25, -0.2) is 10.4 Å². The molecule has 6 nitrogen and oxygen atoms in total. The smallest absolute Gasteiger partial charge is 0.272 e. The zero-order valence-electron chi connectivity index (χ0n) is 18.1. The Morgan fingerprint density at radius 1 is 1.06 bits per heavy atom. The molecule has 0 unspecified atom stereocenters. The lowest BCUT2D eigenvalue weighted by molar-refractivity contribution is 0.0956. The van der Waals surface area contributed by atoms with Crippen LogP contribution in [0.5, 0.6) is 11.5 Å². The molecule has 32 heavy (non-hydrogen) atoms. The molecule has 0 spiro atoms. The standard InChI is InChI=1S/C26H23N3O3/c1-16-8-9-17(2)20(12-16)23-14-21(19-6-4-5-7-22(19)28-23)26(31)29-27-15-18-10-11-25(32-3)24(30)13-18/h4-15,30H,1-3H3,(H,29,31). The molecule has 0 saturated heterocycles. The molecule has 6 heteroatoms. The highest BCUT2D eigenvalue weighted by Crippen LogP contribution is 2.28. The van der Waals surface area contributed by atoms with Gasteiger partial charge in [0.05, 0.1) is 30.1 Å². The Morgan fingerprint density at radius 2 is 1.88 bits per heavy atom. The summed E-state index contributed by atoms with van der Waals surface area (Å²) in [6.45, 7) is 4.06. The number of carbonyl (C=O) groups excluding carboxylic acids is 1. The molecule has 2 N–H and O–H groups in total. The van der Waals surface area contributed by atoms with Crippen LogP contribution in [0.1, 0.15) is 27.0 Å². The molecule has 0 atom stereocenters. The summed E-state index contributed by atoms with van der Waals surface area (Å²) in [6.07, 6.45) is 1.46. The molecule has 0 bridgehead atoms. The number of hydrazone groups is 1. The quantitative estimate of drug-likeness (QED) is 0.348. The SMILES string of the molecule is COc1ccc(C=NNC(=O)c2cc(-c3cc(C)ccc3C)nc3ccccc23)cc1O. The average molecular weight is 425 g/mol. The molecular formula is C26H23N3O3. The number of fused-ring (bicyclic) bond motifs is 1. The van der Waals surface area contributed by atoms with Gasteiger partial charge in [0, 0.05) is 10.9 Å². The van der Waals surface area contributed by atoms with Crippen molar-refractivity contribution in [2.24, 2.45) is 5.10 Å². The van der Waals surface area contributed by atoms with E-state index in [1.807, 2.05) is 38.1 Å². The molecule has 0 aliphatic heterocycles. The van der Waals surface area contributed by atoms with E-state index in [9.17, 15) is 9.90 Å². The number of phenols is 1. The number of ether oxygens (including phenoxy) is 1. The number of benzene rings is 3. The third-order valence-corrected chi connectivity index (χ3v) is 5.21. The molecular weight excluding hydrogens is 402 g/mol. The predicted octanol–water partition coefficient (Wildman–Crippen LogP) is 5.00. The van der Waals surface area contributed by atoms with Gasteiger partial charge in [0.2, 0.25) is 0 Å². The summed E-state index contributed by atoms with van der Waals surface area (Å²) >= 11 is 0. The summed E-state index contributed by atoms with van der Waals surface area (Å²) in [5, 5.41) is 14.7. The Bertz CT molecular complexity index is 1350. The van der Waals surface area contributed by atoms with Gasteiger partial charge in [0.15, 0.2) is 11.5 Å². The predicted molar refractivity (Wildman–Crippen MR) is 126 cm³/mol. The topological polar surface area (TPSA) is 83.8 Å². The first-order valence-electron chi connectivity index (χ1n) is 10.1. The first-order chi connectivity index (χ1) is 15.5. The number of nitrogens with one attached hydrogen (secondary N) is 1. The number of para-hydroxylation sites is 1. The van der Waals surface area contributed by atoms with Gasteiger partial charge >= 0.3 is 0 Å². The van der Waals surface area contributed by atoms with Crippen LogP contribution in [0.15, 0.2) is 71.8 Å². The van der Waals surface area contributed by atoms with E-state index in [-0.39, 0.29) is 11.7 Å². The number of methoxy groups -OCH3 is 1. The van der Waals surface area contributed by atoms with E-state index in [0.717, 1.165) is 33.3 Å². The van der Waals surface area contributed by atoms with E-state index in [1.54, 1.807) is 18.2 Å². The number of hydrogen-bond donors (Lipinski definition) is 2. The first kappa shape index (κ1) is 21.1. The lowest BCUT2D eigenvalue weighted by Gasteiger charge is -2.11. The van der Waals surface area contributed by atoms with Crippen molar-refractivity contribution in [1.82, 2.24) is 10.4 Å². The zero-order valence-corrected chi connectivity index (χ0v) is 18.1. The number of amides is 1. The van der Waals surface area contributed by atoms with Crippen LogP contribution in [0.4, 0.5) is 0 Å². The monoisotopic (exact) mass is 425 g/mol. The summed E-state index contributed by atoms with van der Waals surface area (Å²) in [6, 6.07) is 20.4. The van der Waals surface area contributed by atoms with Crippen LogP contribution in [0, 0.1) is 13.8 Å². The number of hydrogen-bond acceptors (Lipinski definition) is 5. The second-order valence-electron chi connectivity index (χ2n) is 7.52. The number of carbonyl (C=O) groups is 1. The molecule has 0 fully saturated rings. The second-order valence-corrected chi connectivity index (χ2v) is 7.52.